The SMILES string of the molecule is COc1ccc(C(=O)N[C@H](C(=O)NCCc2cccc(F)c2)C(C)C)cc1. The van der Waals surface area contributed by atoms with Gasteiger partial charge in [0.25, 0.3) is 5.91 Å². The zero-order chi connectivity index (χ0) is 19.8. The molecule has 0 saturated carbocycles. The Hall–Kier alpha value is -2.89. The van der Waals surface area contributed by atoms with Crippen LogP contribution in [0.1, 0.15) is 29.8 Å². The highest BCUT2D eigenvalue weighted by molar-refractivity contribution is 5.97. The molecule has 0 bridgehead atoms. The van der Waals surface area contributed by atoms with Crippen molar-refractivity contribution in [2.24, 2.45) is 5.92 Å². The summed E-state index contributed by atoms with van der Waals surface area (Å²) in [6.07, 6.45) is 0.515. The van der Waals surface area contributed by atoms with Gasteiger partial charge in [0.2, 0.25) is 5.91 Å². The normalized spacial score (nSPS) is 11.7. The van der Waals surface area contributed by atoms with Gasteiger partial charge in [0.1, 0.15) is 17.6 Å². The lowest BCUT2D eigenvalue weighted by molar-refractivity contribution is -0.123. The van der Waals surface area contributed by atoms with Gasteiger partial charge < -0.3 is 15.4 Å². The number of carbonyl (C=O) groups excluding carboxylic acids is 2. The number of halogens is 1. The fraction of sp³-hybridized carbons (Fsp3) is 0.333. The van der Waals surface area contributed by atoms with E-state index in [1.54, 1.807) is 43.5 Å². The lowest BCUT2D eigenvalue weighted by atomic mass is 10.0. The smallest absolute Gasteiger partial charge is 0.251 e. The largest absolute Gasteiger partial charge is 0.497 e. The fourth-order valence-corrected chi connectivity index (χ4v) is 2.63. The third kappa shape index (κ3) is 6.09. The second-order valence-corrected chi connectivity index (χ2v) is 6.59. The number of hydrogen-bond donors (Lipinski definition) is 2. The summed E-state index contributed by atoms with van der Waals surface area (Å²) in [5, 5.41) is 5.59. The van der Waals surface area contributed by atoms with Gasteiger partial charge in [-0.2, -0.15) is 0 Å². The average Bonchev–Trinajstić information content (AvgIpc) is 2.65. The van der Waals surface area contributed by atoms with Gasteiger partial charge in [0, 0.05) is 12.1 Å². The Bertz CT molecular complexity index is 775. The summed E-state index contributed by atoms with van der Waals surface area (Å²) in [7, 11) is 1.55. The molecule has 2 rings (SSSR count). The number of benzene rings is 2. The highest BCUT2D eigenvalue weighted by Gasteiger charge is 2.24. The van der Waals surface area contributed by atoms with E-state index in [2.05, 4.69) is 10.6 Å². The Morgan fingerprint density at radius 3 is 2.41 bits per heavy atom. The maximum Gasteiger partial charge on any atom is 0.251 e. The summed E-state index contributed by atoms with van der Waals surface area (Å²) < 4.78 is 18.3. The lowest BCUT2D eigenvalue weighted by Gasteiger charge is -2.22. The summed E-state index contributed by atoms with van der Waals surface area (Å²) in [5.74, 6) is -0.311. The molecule has 0 aliphatic rings. The van der Waals surface area contributed by atoms with Crippen molar-refractivity contribution >= 4 is 11.8 Å². The molecule has 0 spiro atoms. The van der Waals surface area contributed by atoms with E-state index in [1.807, 2.05) is 13.8 Å². The van der Waals surface area contributed by atoms with E-state index >= 15 is 0 Å². The van der Waals surface area contributed by atoms with Crippen LogP contribution >= 0.6 is 0 Å². The topological polar surface area (TPSA) is 67.4 Å². The van der Waals surface area contributed by atoms with Gasteiger partial charge in [0.05, 0.1) is 7.11 Å². The van der Waals surface area contributed by atoms with E-state index in [1.165, 1.54) is 12.1 Å². The number of ether oxygens (including phenoxy) is 1. The van der Waals surface area contributed by atoms with Crippen LogP contribution < -0.4 is 15.4 Å². The zero-order valence-electron chi connectivity index (χ0n) is 15.8. The Labute approximate surface area is 158 Å². The van der Waals surface area contributed by atoms with E-state index in [-0.39, 0.29) is 23.5 Å². The van der Waals surface area contributed by atoms with E-state index in [4.69, 9.17) is 4.74 Å². The number of carbonyl (C=O) groups is 2. The molecule has 0 radical (unpaired) electrons. The average molecular weight is 372 g/mol. The van der Waals surface area contributed by atoms with Crippen molar-refractivity contribution in [2.75, 3.05) is 13.7 Å². The Morgan fingerprint density at radius 2 is 1.81 bits per heavy atom. The number of methoxy groups -OCH3 is 1. The minimum absolute atomic E-state index is 0.0821. The molecule has 0 unspecified atom stereocenters. The van der Waals surface area contributed by atoms with E-state index in [0.717, 1.165) is 5.56 Å². The Balaban J connectivity index is 1.92. The molecule has 0 saturated heterocycles. The van der Waals surface area contributed by atoms with Gasteiger partial charge >= 0.3 is 0 Å². The second-order valence-electron chi connectivity index (χ2n) is 6.59. The molecule has 2 aromatic rings. The van der Waals surface area contributed by atoms with Crippen LogP contribution in [0.15, 0.2) is 48.5 Å². The quantitative estimate of drug-likeness (QED) is 0.749. The third-order valence-electron chi connectivity index (χ3n) is 4.19. The molecule has 1 atom stereocenters. The Morgan fingerprint density at radius 1 is 1.11 bits per heavy atom. The van der Waals surface area contributed by atoms with Crippen LogP contribution in [0.2, 0.25) is 0 Å². The van der Waals surface area contributed by atoms with Crippen molar-refractivity contribution in [1.82, 2.24) is 10.6 Å². The van der Waals surface area contributed by atoms with E-state index < -0.39 is 6.04 Å². The van der Waals surface area contributed by atoms with Gasteiger partial charge in [-0.3, -0.25) is 9.59 Å². The van der Waals surface area contributed by atoms with Crippen molar-refractivity contribution in [3.63, 3.8) is 0 Å². The minimum atomic E-state index is -0.660. The number of amides is 2. The number of nitrogens with one attached hydrogen (secondary N) is 2. The van der Waals surface area contributed by atoms with Gasteiger partial charge in [-0.25, -0.2) is 4.39 Å². The predicted molar refractivity (Wildman–Crippen MR) is 102 cm³/mol. The highest BCUT2D eigenvalue weighted by atomic mass is 19.1. The minimum Gasteiger partial charge on any atom is -0.497 e. The molecule has 2 N–H and O–H groups in total. The molecular formula is C21H25FN2O3. The first-order chi connectivity index (χ1) is 12.9. The van der Waals surface area contributed by atoms with E-state index in [0.29, 0.717) is 24.3 Å². The molecule has 27 heavy (non-hydrogen) atoms. The van der Waals surface area contributed by atoms with Gasteiger partial charge in [0.15, 0.2) is 0 Å². The van der Waals surface area contributed by atoms with Crippen LogP contribution in [-0.4, -0.2) is 31.5 Å². The maximum absolute atomic E-state index is 13.2. The lowest BCUT2D eigenvalue weighted by Crippen LogP contribution is -2.50. The van der Waals surface area contributed by atoms with Crippen LogP contribution in [0.25, 0.3) is 0 Å². The molecule has 2 amide bonds. The zero-order valence-corrected chi connectivity index (χ0v) is 15.8. The summed E-state index contributed by atoms with van der Waals surface area (Å²) in [6, 6.07) is 12.3. The summed E-state index contributed by atoms with van der Waals surface area (Å²) in [5.41, 5.74) is 1.26. The van der Waals surface area contributed by atoms with Crippen molar-refractivity contribution in [1.29, 1.82) is 0 Å². The van der Waals surface area contributed by atoms with Crippen molar-refractivity contribution < 1.29 is 18.7 Å². The van der Waals surface area contributed by atoms with Crippen LogP contribution in [-0.2, 0) is 11.2 Å². The van der Waals surface area contributed by atoms with Crippen LogP contribution in [0.4, 0.5) is 4.39 Å². The summed E-state index contributed by atoms with van der Waals surface area (Å²) in [4.78, 5) is 24.9. The van der Waals surface area contributed by atoms with Gasteiger partial charge in [-0.1, -0.05) is 26.0 Å². The number of hydrogen-bond acceptors (Lipinski definition) is 3. The van der Waals surface area contributed by atoms with Gasteiger partial charge in [-0.15, -0.1) is 0 Å². The molecule has 6 heteroatoms. The first-order valence-corrected chi connectivity index (χ1v) is 8.87. The molecule has 0 fully saturated rings. The molecule has 5 nitrogen and oxygen atoms in total. The molecule has 0 aliphatic heterocycles. The highest BCUT2D eigenvalue weighted by Crippen LogP contribution is 2.12. The Kier molecular flexibility index (Phi) is 7.34. The summed E-state index contributed by atoms with van der Waals surface area (Å²) in [6.45, 7) is 4.10. The monoisotopic (exact) mass is 372 g/mol. The number of rotatable bonds is 8. The third-order valence-corrected chi connectivity index (χ3v) is 4.19. The molecule has 0 heterocycles. The fourth-order valence-electron chi connectivity index (χ4n) is 2.63. The van der Waals surface area contributed by atoms with Crippen molar-refractivity contribution in [2.45, 2.75) is 26.3 Å². The van der Waals surface area contributed by atoms with Crippen molar-refractivity contribution in [3.8, 4) is 5.75 Å². The molecule has 2 aromatic carbocycles. The van der Waals surface area contributed by atoms with Gasteiger partial charge in [-0.05, 0) is 54.3 Å². The van der Waals surface area contributed by atoms with Crippen LogP contribution in [0.3, 0.4) is 0 Å². The standard InChI is InChI=1S/C21H25FN2O3/c1-14(2)19(24-20(25)16-7-9-18(27-3)10-8-16)21(26)23-12-11-15-5-4-6-17(22)13-15/h4-10,13-14,19H,11-12H2,1-3H3,(H,23,26)(H,24,25)/t19-/m0/s1. The summed E-state index contributed by atoms with van der Waals surface area (Å²) >= 11 is 0. The molecule has 0 aromatic heterocycles. The van der Waals surface area contributed by atoms with Crippen LogP contribution in [0, 0.1) is 11.7 Å². The molecule has 144 valence electrons. The van der Waals surface area contributed by atoms with Crippen LogP contribution in [0.5, 0.6) is 5.75 Å². The second kappa shape index (κ2) is 9.71. The van der Waals surface area contributed by atoms with E-state index in [9.17, 15) is 14.0 Å². The predicted octanol–water partition coefficient (Wildman–Crippen LogP) is 2.95. The molecular weight excluding hydrogens is 347 g/mol. The first kappa shape index (κ1) is 20.4. The van der Waals surface area contributed by atoms with Crippen molar-refractivity contribution in [3.05, 3.63) is 65.5 Å². The maximum atomic E-state index is 13.2. The first-order valence-electron chi connectivity index (χ1n) is 8.87. The molecule has 0 aliphatic carbocycles.